The van der Waals surface area contributed by atoms with Gasteiger partial charge in [-0.15, -0.1) is 0 Å². The van der Waals surface area contributed by atoms with Gasteiger partial charge in [0.15, 0.2) is 0 Å². The van der Waals surface area contributed by atoms with E-state index in [-0.39, 0.29) is 12.0 Å². The summed E-state index contributed by atoms with van der Waals surface area (Å²) in [5.41, 5.74) is 0.894. The van der Waals surface area contributed by atoms with E-state index in [4.69, 9.17) is 0 Å². The Kier molecular flexibility index (Phi) is 6.77. The number of carbonyl (C=O) groups excluding carboxylic acids is 1. The maximum absolute atomic E-state index is 12.2. The van der Waals surface area contributed by atoms with Crippen molar-refractivity contribution < 1.29 is 9.90 Å². The van der Waals surface area contributed by atoms with Crippen molar-refractivity contribution in [1.82, 2.24) is 19.6 Å². The van der Waals surface area contributed by atoms with Gasteiger partial charge in [-0.05, 0) is 52.7 Å². The Labute approximate surface area is 144 Å². The molecule has 0 radical (unpaired) electrons. The number of aliphatic hydroxyl groups excluding tert-OH is 1. The van der Waals surface area contributed by atoms with Crippen LogP contribution in [0.5, 0.6) is 0 Å². The van der Waals surface area contributed by atoms with Crippen LogP contribution in [-0.4, -0.2) is 76.5 Å². The molecule has 1 amide bonds. The summed E-state index contributed by atoms with van der Waals surface area (Å²) in [4.78, 5) is 16.6. The number of nitrogens with zero attached hydrogens (tertiary/aromatic N) is 4. The maximum atomic E-state index is 12.2. The third-order valence-corrected chi connectivity index (χ3v) is 4.48. The molecule has 2 N–H and O–H groups in total. The Bertz CT molecular complexity index is 535. The van der Waals surface area contributed by atoms with Gasteiger partial charge < -0.3 is 15.3 Å². The van der Waals surface area contributed by atoms with E-state index in [1.54, 1.807) is 4.68 Å². The Hall–Kier alpha value is -1.44. The first-order valence-electron chi connectivity index (χ1n) is 8.73. The zero-order valence-corrected chi connectivity index (χ0v) is 15.3. The van der Waals surface area contributed by atoms with Crippen LogP contribution in [0.15, 0.2) is 6.07 Å². The fourth-order valence-electron chi connectivity index (χ4n) is 3.39. The van der Waals surface area contributed by atoms with Crippen molar-refractivity contribution in [2.24, 2.45) is 13.0 Å². The molecule has 1 fully saturated rings. The Morgan fingerprint density at radius 1 is 1.50 bits per heavy atom. The molecule has 2 rings (SSSR count). The first kappa shape index (κ1) is 18.9. The summed E-state index contributed by atoms with van der Waals surface area (Å²) in [6.45, 7) is 7.88. The van der Waals surface area contributed by atoms with Crippen molar-refractivity contribution in [3.8, 4) is 0 Å². The lowest BCUT2D eigenvalue weighted by molar-refractivity contribution is -0.117. The van der Waals surface area contributed by atoms with Crippen molar-refractivity contribution in [2.75, 3.05) is 45.1 Å². The van der Waals surface area contributed by atoms with Gasteiger partial charge in [0.2, 0.25) is 5.91 Å². The number of likely N-dealkylation sites (N-methyl/N-ethyl adjacent to an activating group) is 1. The molecule has 7 heteroatoms. The van der Waals surface area contributed by atoms with E-state index in [0.717, 1.165) is 50.5 Å². The van der Waals surface area contributed by atoms with Gasteiger partial charge in [-0.1, -0.05) is 0 Å². The molecule has 1 aliphatic heterocycles. The summed E-state index contributed by atoms with van der Waals surface area (Å²) in [6.07, 6.45) is 1.99. The number of hydrogen-bond acceptors (Lipinski definition) is 5. The molecule has 0 aromatic carbocycles. The van der Waals surface area contributed by atoms with Crippen molar-refractivity contribution >= 4 is 11.7 Å². The van der Waals surface area contributed by atoms with Gasteiger partial charge in [-0.25, -0.2) is 0 Å². The molecule has 1 aromatic heterocycles. The normalized spacial score (nSPS) is 18.1. The van der Waals surface area contributed by atoms with Crippen molar-refractivity contribution in [1.29, 1.82) is 0 Å². The highest BCUT2D eigenvalue weighted by Gasteiger charge is 2.21. The number of hydrogen-bond donors (Lipinski definition) is 2. The molecule has 1 aromatic rings. The van der Waals surface area contributed by atoms with Gasteiger partial charge in [0.1, 0.15) is 5.82 Å². The van der Waals surface area contributed by atoms with Gasteiger partial charge in [-0.3, -0.25) is 14.4 Å². The Morgan fingerprint density at radius 2 is 2.17 bits per heavy atom. The maximum Gasteiger partial charge on any atom is 0.239 e. The molecule has 24 heavy (non-hydrogen) atoms. The van der Waals surface area contributed by atoms with Crippen LogP contribution < -0.4 is 5.32 Å². The standard InChI is InChI=1S/C17H31N5O2/c1-13-9-16(21(4)19-13)18-17(24)12-20(3)11-15-5-7-22(8-6-15)10-14(2)23/h9,14-15,23H,5-8,10-12H2,1-4H3,(H,18,24)/t14-/m0/s1. The summed E-state index contributed by atoms with van der Waals surface area (Å²) in [7, 11) is 3.82. The molecular formula is C17H31N5O2. The van der Waals surface area contributed by atoms with E-state index in [1.807, 2.05) is 34.0 Å². The number of rotatable bonds is 7. The molecule has 0 saturated carbocycles. The summed E-state index contributed by atoms with van der Waals surface area (Å²) in [5.74, 6) is 1.34. The van der Waals surface area contributed by atoms with E-state index in [1.165, 1.54) is 0 Å². The van der Waals surface area contributed by atoms with E-state index < -0.39 is 0 Å². The van der Waals surface area contributed by atoms with Gasteiger partial charge in [0.25, 0.3) is 0 Å². The Balaban J connectivity index is 1.70. The van der Waals surface area contributed by atoms with E-state index in [2.05, 4.69) is 20.2 Å². The summed E-state index contributed by atoms with van der Waals surface area (Å²) < 4.78 is 1.69. The predicted molar refractivity (Wildman–Crippen MR) is 94.9 cm³/mol. The molecular weight excluding hydrogens is 306 g/mol. The van der Waals surface area contributed by atoms with Crippen molar-refractivity contribution in [3.63, 3.8) is 0 Å². The third-order valence-electron chi connectivity index (χ3n) is 4.48. The minimum atomic E-state index is -0.261. The Morgan fingerprint density at radius 3 is 2.71 bits per heavy atom. The number of nitrogens with one attached hydrogen (secondary N) is 1. The second-order valence-electron chi connectivity index (χ2n) is 7.13. The fraction of sp³-hybridized carbons (Fsp3) is 0.765. The lowest BCUT2D eigenvalue weighted by atomic mass is 9.96. The topological polar surface area (TPSA) is 73.6 Å². The van der Waals surface area contributed by atoms with Gasteiger partial charge in [0, 0.05) is 26.2 Å². The smallest absolute Gasteiger partial charge is 0.239 e. The van der Waals surface area contributed by atoms with E-state index in [0.29, 0.717) is 12.5 Å². The quantitative estimate of drug-likeness (QED) is 0.766. The van der Waals surface area contributed by atoms with Crippen molar-refractivity contribution in [2.45, 2.75) is 32.8 Å². The number of aliphatic hydroxyl groups is 1. The first-order chi connectivity index (χ1) is 11.3. The molecule has 0 bridgehead atoms. The van der Waals surface area contributed by atoms with Crippen LogP contribution in [0.25, 0.3) is 0 Å². The lowest BCUT2D eigenvalue weighted by Gasteiger charge is -2.34. The summed E-state index contributed by atoms with van der Waals surface area (Å²) in [6, 6.07) is 1.87. The second-order valence-corrected chi connectivity index (χ2v) is 7.13. The number of aryl methyl sites for hydroxylation is 2. The number of anilines is 1. The number of likely N-dealkylation sites (tertiary alicyclic amines) is 1. The average Bonchev–Trinajstić information content (AvgIpc) is 2.78. The SMILES string of the molecule is Cc1cc(NC(=O)CN(C)CC2CCN(C[C@H](C)O)CC2)n(C)n1. The van der Waals surface area contributed by atoms with Gasteiger partial charge in [-0.2, -0.15) is 5.10 Å². The molecule has 136 valence electrons. The van der Waals surface area contributed by atoms with Crippen LogP contribution >= 0.6 is 0 Å². The van der Waals surface area contributed by atoms with Gasteiger partial charge in [0.05, 0.1) is 18.3 Å². The molecule has 0 spiro atoms. The minimum Gasteiger partial charge on any atom is -0.392 e. The molecule has 7 nitrogen and oxygen atoms in total. The predicted octanol–water partition coefficient (Wildman–Crippen LogP) is 0.692. The van der Waals surface area contributed by atoms with Crippen molar-refractivity contribution in [3.05, 3.63) is 11.8 Å². The second kappa shape index (κ2) is 8.60. The number of piperidine rings is 1. The van der Waals surface area contributed by atoms with Crippen LogP contribution in [0.1, 0.15) is 25.5 Å². The molecule has 1 aliphatic rings. The zero-order chi connectivity index (χ0) is 17.7. The highest BCUT2D eigenvalue weighted by molar-refractivity contribution is 5.91. The first-order valence-corrected chi connectivity index (χ1v) is 8.73. The number of aromatic nitrogens is 2. The van der Waals surface area contributed by atoms with Crippen LogP contribution in [0.2, 0.25) is 0 Å². The lowest BCUT2D eigenvalue weighted by Crippen LogP contribution is -2.41. The largest absolute Gasteiger partial charge is 0.392 e. The van der Waals surface area contributed by atoms with Crippen LogP contribution in [0, 0.1) is 12.8 Å². The average molecular weight is 337 g/mol. The zero-order valence-electron chi connectivity index (χ0n) is 15.3. The van der Waals surface area contributed by atoms with E-state index in [9.17, 15) is 9.90 Å². The van der Waals surface area contributed by atoms with Crippen LogP contribution in [-0.2, 0) is 11.8 Å². The molecule has 0 unspecified atom stereocenters. The van der Waals surface area contributed by atoms with Gasteiger partial charge >= 0.3 is 0 Å². The monoisotopic (exact) mass is 337 g/mol. The van der Waals surface area contributed by atoms with E-state index >= 15 is 0 Å². The number of β-amino-alcohol motifs (C(OH)–C–C–N with tert-alkyl or cyclic N) is 1. The minimum absolute atomic E-state index is 0.00737. The molecule has 2 heterocycles. The summed E-state index contributed by atoms with van der Waals surface area (Å²) in [5, 5.41) is 16.6. The number of carbonyl (C=O) groups is 1. The fourth-order valence-corrected chi connectivity index (χ4v) is 3.39. The highest BCUT2D eigenvalue weighted by Crippen LogP contribution is 2.18. The third kappa shape index (κ3) is 5.89. The van der Waals surface area contributed by atoms with Crippen LogP contribution in [0.3, 0.4) is 0 Å². The van der Waals surface area contributed by atoms with Crippen LogP contribution in [0.4, 0.5) is 5.82 Å². The molecule has 1 saturated heterocycles. The highest BCUT2D eigenvalue weighted by atomic mass is 16.3. The number of amides is 1. The molecule has 1 atom stereocenters. The summed E-state index contributed by atoms with van der Waals surface area (Å²) >= 11 is 0. The molecule has 0 aliphatic carbocycles.